The number of hydrogen-bond donors (Lipinski definition) is 1. The van der Waals surface area contributed by atoms with Gasteiger partial charge in [-0.3, -0.25) is 9.69 Å². The second-order valence-electron chi connectivity index (χ2n) is 6.23. The van der Waals surface area contributed by atoms with Gasteiger partial charge in [-0.25, -0.2) is 0 Å². The van der Waals surface area contributed by atoms with Crippen LogP contribution in [0.2, 0.25) is 0 Å². The van der Waals surface area contributed by atoms with E-state index in [0.717, 1.165) is 45.2 Å². The van der Waals surface area contributed by atoms with E-state index in [9.17, 15) is 4.79 Å². The van der Waals surface area contributed by atoms with Crippen molar-refractivity contribution in [3.63, 3.8) is 0 Å². The van der Waals surface area contributed by atoms with E-state index in [2.05, 4.69) is 37.9 Å². The van der Waals surface area contributed by atoms with Gasteiger partial charge in [0.2, 0.25) is 5.89 Å². The monoisotopic (exact) mass is 332 g/mol. The molecule has 1 N–H and O–H groups in total. The molecule has 2 aromatic rings. The summed E-state index contributed by atoms with van der Waals surface area (Å²) in [7, 11) is 0. The maximum atomic E-state index is 12.0. The SMILES string of the molecule is O=C(NC1CC1)c1noc([C@@H]2CCCN2CCc2cccs2)n1. The molecular weight excluding hydrogens is 312 g/mol. The molecule has 1 saturated heterocycles. The molecule has 122 valence electrons. The van der Waals surface area contributed by atoms with Gasteiger partial charge in [0, 0.05) is 17.5 Å². The molecule has 2 aliphatic rings. The first-order valence-electron chi connectivity index (χ1n) is 8.20. The number of amides is 1. The zero-order valence-electron chi connectivity index (χ0n) is 12.9. The van der Waals surface area contributed by atoms with Crippen molar-refractivity contribution < 1.29 is 9.32 Å². The molecule has 23 heavy (non-hydrogen) atoms. The number of likely N-dealkylation sites (tertiary alicyclic amines) is 1. The average Bonchev–Trinajstić information content (AvgIpc) is 3.05. The van der Waals surface area contributed by atoms with Gasteiger partial charge in [0.15, 0.2) is 0 Å². The third-order valence-electron chi connectivity index (χ3n) is 4.43. The third kappa shape index (κ3) is 3.45. The number of carbonyl (C=O) groups excluding carboxylic acids is 1. The second-order valence-corrected chi connectivity index (χ2v) is 7.26. The van der Waals surface area contributed by atoms with Crippen molar-refractivity contribution in [2.45, 2.75) is 44.2 Å². The quantitative estimate of drug-likeness (QED) is 0.879. The lowest BCUT2D eigenvalue weighted by Gasteiger charge is -2.20. The highest BCUT2D eigenvalue weighted by Gasteiger charge is 2.32. The lowest BCUT2D eigenvalue weighted by Crippen LogP contribution is -2.27. The Labute approximate surface area is 138 Å². The Hall–Kier alpha value is -1.73. The largest absolute Gasteiger partial charge is 0.346 e. The van der Waals surface area contributed by atoms with Crippen LogP contribution in [-0.2, 0) is 6.42 Å². The van der Waals surface area contributed by atoms with Gasteiger partial charge in [0.1, 0.15) is 0 Å². The van der Waals surface area contributed by atoms with E-state index >= 15 is 0 Å². The zero-order chi connectivity index (χ0) is 15.6. The van der Waals surface area contributed by atoms with E-state index in [0.29, 0.717) is 11.9 Å². The first-order chi connectivity index (χ1) is 11.3. The maximum Gasteiger partial charge on any atom is 0.292 e. The van der Waals surface area contributed by atoms with Crippen LogP contribution in [0.5, 0.6) is 0 Å². The standard InChI is InChI=1S/C16H20N4O2S/c21-15(17-11-5-6-11)14-18-16(22-19-14)13-4-1-8-20(13)9-7-12-3-2-10-23-12/h2-3,10-11,13H,1,4-9H2,(H,17,21)/t13-/m0/s1. The Morgan fingerprint density at radius 1 is 1.43 bits per heavy atom. The van der Waals surface area contributed by atoms with Crippen molar-refractivity contribution in [1.29, 1.82) is 0 Å². The molecule has 1 atom stereocenters. The van der Waals surface area contributed by atoms with Crippen molar-refractivity contribution >= 4 is 17.2 Å². The normalized spacial score (nSPS) is 21.7. The molecule has 2 fully saturated rings. The molecule has 0 radical (unpaired) electrons. The lowest BCUT2D eigenvalue weighted by molar-refractivity contribution is 0.0937. The highest BCUT2D eigenvalue weighted by molar-refractivity contribution is 7.09. The molecule has 0 aromatic carbocycles. The van der Waals surface area contributed by atoms with Crippen LogP contribution in [0.3, 0.4) is 0 Å². The van der Waals surface area contributed by atoms with Gasteiger partial charge in [0.05, 0.1) is 6.04 Å². The number of aromatic nitrogens is 2. The molecule has 3 heterocycles. The van der Waals surface area contributed by atoms with E-state index in [1.54, 1.807) is 11.3 Å². The van der Waals surface area contributed by atoms with Crippen LogP contribution in [-0.4, -0.2) is 40.1 Å². The van der Waals surface area contributed by atoms with Gasteiger partial charge in [-0.2, -0.15) is 4.98 Å². The molecule has 6 nitrogen and oxygen atoms in total. The summed E-state index contributed by atoms with van der Waals surface area (Å²) in [5.41, 5.74) is 0. The highest BCUT2D eigenvalue weighted by atomic mass is 32.1. The Morgan fingerprint density at radius 3 is 3.13 bits per heavy atom. The minimum absolute atomic E-state index is 0.143. The Kier molecular flexibility index (Phi) is 4.13. The number of nitrogens with zero attached hydrogens (tertiary/aromatic N) is 3. The van der Waals surface area contributed by atoms with E-state index < -0.39 is 0 Å². The first-order valence-corrected chi connectivity index (χ1v) is 9.08. The molecular formula is C16H20N4O2S. The fraction of sp³-hybridized carbons (Fsp3) is 0.562. The van der Waals surface area contributed by atoms with Gasteiger partial charge in [0.25, 0.3) is 11.7 Å². The minimum atomic E-state index is -0.217. The minimum Gasteiger partial charge on any atom is -0.346 e. The fourth-order valence-corrected chi connectivity index (χ4v) is 3.72. The van der Waals surface area contributed by atoms with E-state index in [4.69, 9.17) is 4.52 Å². The van der Waals surface area contributed by atoms with Crippen molar-refractivity contribution in [1.82, 2.24) is 20.4 Å². The topological polar surface area (TPSA) is 71.3 Å². The molecule has 1 aliphatic carbocycles. The number of rotatable bonds is 6. The van der Waals surface area contributed by atoms with Crippen molar-refractivity contribution in [2.24, 2.45) is 0 Å². The summed E-state index contributed by atoms with van der Waals surface area (Å²) in [6, 6.07) is 4.70. The first kappa shape index (κ1) is 14.8. The third-order valence-corrected chi connectivity index (χ3v) is 5.37. The number of carbonyl (C=O) groups is 1. The number of hydrogen-bond acceptors (Lipinski definition) is 6. The maximum absolute atomic E-state index is 12.0. The zero-order valence-corrected chi connectivity index (χ0v) is 13.7. The van der Waals surface area contributed by atoms with Gasteiger partial charge in [-0.1, -0.05) is 11.2 Å². The highest BCUT2D eigenvalue weighted by Crippen LogP contribution is 2.31. The molecule has 1 saturated carbocycles. The molecule has 0 spiro atoms. The van der Waals surface area contributed by atoms with Gasteiger partial charge < -0.3 is 9.84 Å². The van der Waals surface area contributed by atoms with Gasteiger partial charge in [-0.05, 0) is 50.1 Å². The summed E-state index contributed by atoms with van der Waals surface area (Å²) >= 11 is 1.79. The van der Waals surface area contributed by atoms with Crippen LogP contribution in [0.15, 0.2) is 22.0 Å². The van der Waals surface area contributed by atoms with Gasteiger partial charge >= 0.3 is 0 Å². The summed E-state index contributed by atoms with van der Waals surface area (Å²) in [5.74, 6) is 0.525. The molecule has 0 bridgehead atoms. The van der Waals surface area contributed by atoms with E-state index in [1.807, 2.05) is 0 Å². The summed E-state index contributed by atoms with van der Waals surface area (Å²) in [6.45, 7) is 2.03. The van der Waals surface area contributed by atoms with E-state index in [-0.39, 0.29) is 17.8 Å². The summed E-state index contributed by atoms with van der Waals surface area (Å²) in [6.07, 6.45) is 5.28. The smallest absolute Gasteiger partial charge is 0.292 e. The van der Waals surface area contributed by atoms with E-state index in [1.165, 1.54) is 4.88 Å². The molecule has 2 aromatic heterocycles. The molecule has 1 aliphatic heterocycles. The number of nitrogens with one attached hydrogen (secondary N) is 1. The number of thiophene rings is 1. The average molecular weight is 332 g/mol. The van der Waals surface area contributed by atoms with Crippen LogP contribution < -0.4 is 5.32 Å². The fourth-order valence-electron chi connectivity index (χ4n) is 3.02. The van der Waals surface area contributed by atoms with Crippen molar-refractivity contribution in [2.75, 3.05) is 13.1 Å². The van der Waals surface area contributed by atoms with Crippen LogP contribution >= 0.6 is 11.3 Å². The lowest BCUT2D eigenvalue weighted by atomic mass is 10.2. The van der Waals surface area contributed by atoms with Crippen LogP contribution in [0.1, 0.15) is 53.1 Å². The molecule has 4 rings (SSSR count). The van der Waals surface area contributed by atoms with Gasteiger partial charge in [-0.15, -0.1) is 11.3 Å². The summed E-state index contributed by atoms with van der Waals surface area (Å²) in [5, 5.41) is 8.87. The second kappa shape index (κ2) is 6.41. The Balaban J connectivity index is 1.39. The predicted molar refractivity (Wildman–Crippen MR) is 86.4 cm³/mol. The molecule has 7 heteroatoms. The van der Waals surface area contributed by atoms with Crippen LogP contribution in [0.4, 0.5) is 0 Å². The summed E-state index contributed by atoms with van der Waals surface area (Å²) in [4.78, 5) is 20.1. The van der Waals surface area contributed by atoms with Crippen LogP contribution in [0, 0.1) is 0 Å². The molecule has 1 amide bonds. The Morgan fingerprint density at radius 2 is 2.35 bits per heavy atom. The molecule has 0 unspecified atom stereocenters. The summed E-state index contributed by atoms with van der Waals surface area (Å²) < 4.78 is 5.38. The van der Waals surface area contributed by atoms with Crippen LogP contribution in [0.25, 0.3) is 0 Å². The predicted octanol–water partition coefficient (Wildman–Crippen LogP) is 2.40. The van der Waals surface area contributed by atoms with Crippen molar-refractivity contribution in [3.8, 4) is 0 Å². The van der Waals surface area contributed by atoms with Crippen molar-refractivity contribution in [3.05, 3.63) is 34.1 Å². The Bertz CT molecular complexity index is 665.